The van der Waals surface area contributed by atoms with Crippen molar-refractivity contribution in [2.75, 3.05) is 23.7 Å². The number of nitrogens with one attached hydrogen (secondary N) is 1. The molecule has 0 spiro atoms. The fourth-order valence-electron chi connectivity index (χ4n) is 2.53. The maximum absolute atomic E-state index is 11.8. The lowest BCUT2D eigenvalue weighted by Crippen LogP contribution is -2.45. The Morgan fingerprint density at radius 1 is 1.41 bits per heavy atom. The zero-order valence-electron chi connectivity index (χ0n) is 12.5. The highest BCUT2D eigenvalue weighted by molar-refractivity contribution is 7.89. The number of hydrogen-bond acceptors (Lipinski definition) is 5. The minimum atomic E-state index is -3.19. The average molecular weight is 327 g/mol. The van der Waals surface area contributed by atoms with E-state index in [-0.39, 0.29) is 17.5 Å². The third-order valence-electron chi connectivity index (χ3n) is 3.59. The molecule has 0 aromatic carbocycles. The SMILES string of the molecule is CCCS(=O)(=O)NC1CCN(c2cccc(C(=O)O)n2)CC1. The van der Waals surface area contributed by atoms with Crippen molar-refractivity contribution in [2.24, 2.45) is 0 Å². The van der Waals surface area contributed by atoms with Gasteiger partial charge in [0, 0.05) is 19.1 Å². The predicted molar refractivity (Wildman–Crippen MR) is 83.6 cm³/mol. The molecule has 0 amide bonds. The highest BCUT2D eigenvalue weighted by Gasteiger charge is 2.24. The van der Waals surface area contributed by atoms with E-state index in [0.29, 0.717) is 38.2 Å². The summed E-state index contributed by atoms with van der Waals surface area (Å²) >= 11 is 0. The van der Waals surface area contributed by atoms with Gasteiger partial charge in [-0.1, -0.05) is 13.0 Å². The summed E-state index contributed by atoms with van der Waals surface area (Å²) in [4.78, 5) is 17.0. The lowest BCUT2D eigenvalue weighted by molar-refractivity contribution is 0.0690. The molecule has 0 radical (unpaired) electrons. The first-order valence-electron chi connectivity index (χ1n) is 7.36. The van der Waals surface area contributed by atoms with Crippen LogP contribution in [0.15, 0.2) is 18.2 Å². The molecule has 0 unspecified atom stereocenters. The van der Waals surface area contributed by atoms with Crippen molar-refractivity contribution in [3.63, 3.8) is 0 Å². The van der Waals surface area contributed by atoms with Crippen LogP contribution >= 0.6 is 0 Å². The average Bonchev–Trinajstić information content (AvgIpc) is 2.47. The standard InChI is InChI=1S/C14H21N3O4S/c1-2-10-22(20,21)16-11-6-8-17(9-7-11)13-5-3-4-12(15-13)14(18)19/h3-5,11,16H,2,6-10H2,1H3,(H,18,19). The molecule has 7 nitrogen and oxygen atoms in total. The molecule has 2 N–H and O–H groups in total. The van der Waals surface area contributed by atoms with Crippen LogP contribution in [-0.4, -0.2) is 49.4 Å². The van der Waals surface area contributed by atoms with Crippen LogP contribution in [0.5, 0.6) is 0 Å². The number of rotatable bonds is 6. The first-order chi connectivity index (χ1) is 10.4. The van der Waals surface area contributed by atoms with Crippen LogP contribution in [0.2, 0.25) is 0 Å². The summed E-state index contributed by atoms with van der Waals surface area (Å²) in [5.41, 5.74) is 0.0169. The predicted octanol–water partition coefficient (Wildman–Crippen LogP) is 1.08. The Balaban J connectivity index is 1.95. The number of aromatic carboxylic acids is 1. The van der Waals surface area contributed by atoms with Gasteiger partial charge in [-0.3, -0.25) is 0 Å². The number of hydrogen-bond donors (Lipinski definition) is 2. The zero-order chi connectivity index (χ0) is 16.2. The fraction of sp³-hybridized carbons (Fsp3) is 0.571. The molecule has 22 heavy (non-hydrogen) atoms. The molecule has 1 aromatic rings. The summed E-state index contributed by atoms with van der Waals surface area (Å²) in [5.74, 6) is -0.283. The van der Waals surface area contributed by atoms with Gasteiger partial charge in [0.05, 0.1) is 5.75 Å². The number of aromatic nitrogens is 1. The summed E-state index contributed by atoms with van der Waals surface area (Å²) in [6, 6.07) is 4.84. The smallest absolute Gasteiger partial charge is 0.354 e. The normalized spacial score (nSPS) is 16.7. The first kappa shape index (κ1) is 16.7. The van der Waals surface area contributed by atoms with Gasteiger partial charge < -0.3 is 10.0 Å². The Morgan fingerprint density at radius 2 is 2.09 bits per heavy atom. The van der Waals surface area contributed by atoms with E-state index in [1.165, 1.54) is 6.07 Å². The molecule has 1 saturated heterocycles. The van der Waals surface area contributed by atoms with Gasteiger partial charge in [0.2, 0.25) is 10.0 Å². The van der Waals surface area contributed by atoms with E-state index < -0.39 is 16.0 Å². The van der Waals surface area contributed by atoms with Crippen molar-refractivity contribution >= 4 is 21.8 Å². The van der Waals surface area contributed by atoms with Gasteiger partial charge in [-0.25, -0.2) is 22.9 Å². The van der Waals surface area contributed by atoms with E-state index in [1.807, 2.05) is 11.8 Å². The molecular formula is C14H21N3O4S. The van der Waals surface area contributed by atoms with Crippen molar-refractivity contribution in [3.05, 3.63) is 23.9 Å². The Kier molecular flexibility index (Phi) is 5.36. The van der Waals surface area contributed by atoms with Gasteiger partial charge in [0.25, 0.3) is 0 Å². The van der Waals surface area contributed by atoms with Gasteiger partial charge in [0.1, 0.15) is 5.82 Å². The maximum Gasteiger partial charge on any atom is 0.354 e. The number of carboxylic acids is 1. The van der Waals surface area contributed by atoms with Gasteiger partial charge in [0.15, 0.2) is 5.69 Å². The second kappa shape index (κ2) is 7.06. The number of carboxylic acid groups (broad SMARTS) is 1. The van der Waals surface area contributed by atoms with Crippen molar-refractivity contribution in [2.45, 2.75) is 32.2 Å². The topological polar surface area (TPSA) is 99.6 Å². The van der Waals surface area contributed by atoms with E-state index in [2.05, 4.69) is 9.71 Å². The number of anilines is 1. The lowest BCUT2D eigenvalue weighted by Gasteiger charge is -2.33. The third-order valence-corrected chi connectivity index (χ3v) is 5.23. The van der Waals surface area contributed by atoms with Gasteiger partial charge in [-0.05, 0) is 31.4 Å². The summed E-state index contributed by atoms with van der Waals surface area (Å²) in [7, 11) is -3.19. The number of sulfonamides is 1. The zero-order valence-corrected chi connectivity index (χ0v) is 13.3. The second-order valence-electron chi connectivity index (χ2n) is 5.38. The molecule has 1 aliphatic rings. The molecular weight excluding hydrogens is 306 g/mol. The van der Waals surface area contributed by atoms with E-state index in [9.17, 15) is 13.2 Å². The molecule has 0 saturated carbocycles. The Morgan fingerprint density at radius 3 is 2.68 bits per heavy atom. The molecule has 0 atom stereocenters. The lowest BCUT2D eigenvalue weighted by atomic mass is 10.1. The molecule has 1 aromatic heterocycles. The largest absolute Gasteiger partial charge is 0.477 e. The molecule has 8 heteroatoms. The molecule has 1 aliphatic heterocycles. The van der Waals surface area contributed by atoms with Crippen LogP contribution in [-0.2, 0) is 10.0 Å². The van der Waals surface area contributed by atoms with Gasteiger partial charge in [-0.2, -0.15) is 0 Å². The highest BCUT2D eigenvalue weighted by atomic mass is 32.2. The van der Waals surface area contributed by atoms with Crippen LogP contribution in [0.1, 0.15) is 36.7 Å². The summed E-state index contributed by atoms with van der Waals surface area (Å²) in [6.07, 6.45) is 1.96. The Bertz CT molecular complexity index is 625. The Labute approximate surface area is 130 Å². The van der Waals surface area contributed by atoms with Crippen LogP contribution in [0, 0.1) is 0 Å². The molecule has 2 heterocycles. The molecule has 0 bridgehead atoms. The van der Waals surface area contributed by atoms with Crippen molar-refractivity contribution in [1.29, 1.82) is 0 Å². The van der Waals surface area contributed by atoms with E-state index in [0.717, 1.165) is 0 Å². The van der Waals surface area contributed by atoms with E-state index in [4.69, 9.17) is 5.11 Å². The summed E-state index contributed by atoms with van der Waals surface area (Å²) in [5, 5.41) is 8.97. The molecule has 1 fully saturated rings. The monoisotopic (exact) mass is 327 g/mol. The third kappa shape index (κ3) is 4.41. The van der Waals surface area contributed by atoms with Gasteiger partial charge in [-0.15, -0.1) is 0 Å². The van der Waals surface area contributed by atoms with Crippen LogP contribution < -0.4 is 9.62 Å². The van der Waals surface area contributed by atoms with Crippen molar-refractivity contribution in [1.82, 2.24) is 9.71 Å². The molecule has 122 valence electrons. The minimum absolute atomic E-state index is 0.0169. The summed E-state index contributed by atoms with van der Waals surface area (Å²) in [6.45, 7) is 3.13. The Hall–Kier alpha value is -1.67. The van der Waals surface area contributed by atoms with Crippen LogP contribution in [0.25, 0.3) is 0 Å². The summed E-state index contributed by atoms with van der Waals surface area (Å²) < 4.78 is 26.3. The second-order valence-corrected chi connectivity index (χ2v) is 7.26. The number of nitrogens with zero attached hydrogens (tertiary/aromatic N) is 2. The number of carbonyl (C=O) groups is 1. The molecule has 2 rings (SSSR count). The maximum atomic E-state index is 11.8. The quantitative estimate of drug-likeness (QED) is 0.811. The number of piperidine rings is 1. The minimum Gasteiger partial charge on any atom is -0.477 e. The van der Waals surface area contributed by atoms with E-state index in [1.54, 1.807) is 12.1 Å². The number of pyridine rings is 1. The fourth-order valence-corrected chi connectivity index (χ4v) is 3.93. The van der Waals surface area contributed by atoms with E-state index >= 15 is 0 Å². The van der Waals surface area contributed by atoms with Crippen molar-refractivity contribution in [3.8, 4) is 0 Å². The first-order valence-corrected chi connectivity index (χ1v) is 9.02. The van der Waals surface area contributed by atoms with Gasteiger partial charge >= 0.3 is 5.97 Å². The van der Waals surface area contributed by atoms with Crippen molar-refractivity contribution < 1.29 is 18.3 Å². The molecule has 0 aliphatic carbocycles. The highest BCUT2D eigenvalue weighted by Crippen LogP contribution is 2.19. The van der Waals surface area contributed by atoms with Crippen LogP contribution in [0.3, 0.4) is 0 Å². The van der Waals surface area contributed by atoms with Crippen LogP contribution in [0.4, 0.5) is 5.82 Å².